The third kappa shape index (κ3) is 8.13. The Morgan fingerprint density at radius 2 is 1.44 bits per heavy atom. The van der Waals surface area contributed by atoms with E-state index in [1.165, 1.54) is 7.11 Å². The zero-order chi connectivity index (χ0) is 28.2. The second-order valence-electron chi connectivity index (χ2n) is 8.46. The van der Waals surface area contributed by atoms with Crippen LogP contribution in [0.15, 0.2) is 60.7 Å². The van der Waals surface area contributed by atoms with E-state index in [4.69, 9.17) is 28.4 Å². The highest BCUT2D eigenvalue weighted by Gasteiger charge is 2.15. The van der Waals surface area contributed by atoms with E-state index >= 15 is 0 Å². The van der Waals surface area contributed by atoms with E-state index in [-0.39, 0.29) is 6.61 Å². The van der Waals surface area contributed by atoms with Crippen molar-refractivity contribution in [1.82, 2.24) is 5.32 Å². The zero-order valence-corrected chi connectivity index (χ0v) is 22.9. The van der Waals surface area contributed by atoms with Gasteiger partial charge in [0.1, 0.15) is 41.5 Å². The van der Waals surface area contributed by atoms with E-state index in [1.807, 2.05) is 18.2 Å². The Hall–Kier alpha value is -4.21. The molecule has 0 fully saturated rings. The van der Waals surface area contributed by atoms with Crippen LogP contribution in [0.25, 0.3) is 11.6 Å². The van der Waals surface area contributed by atoms with Crippen molar-refractivity contribution < 1.29 is 38.3 Å². The molecule has 0 bridgehead atoms. The predicted octanol–water partition coefficient (Wildman–Crippen LogP) is 3.96. The molecule has 9 heteroatoms. The summed E-state index contributed by atoms with van der Waals surface area (Å²) in [7, 11) is 7.66. The SMILES string of the molecule is COC(=O)/C(=C\c1ccc(OC)cc1OC)c1ccc(OCC(O)CNCc2ccc(OC)cc2OC)cc1. The van der Waals surface area contributed by atoms with Crippen molar-refractivity contribution in [2.24, 2.45) is 0 Å². The number of carbonyl (C=O) groups is 1. The van der Waals surface area contributed by atoms with Crippen LogP contribution in [0.4, 0.5) is 0 Å². The van der Waals surface area contributed by atoms with Gasteiger partial charge in [0.05, 0.1) is 41.1 Å². The molecule has 0 saturated carbocycles. The average molecular weight is 538 g/mol. The molecule has 0 saturated heterocycles. The minimum absolute atomic E-state index is 0.0921. The lowest BCUT2D eigenvalue weighted by Crippen LogP contribution is -2.31. The van der Waals surface area contributed by atoms with Gasteiger partial charge in [-0.1, -0.05) is 18.2 Å². The summed E-state index contributed by atoms with van der Waals surface area (Å²) in [6.07, 6.45) is 0.967. The molecular formula is C30H35NO8. The van der Waals surface area contributed by atoms with Gasteiger partial charge in [-0.3, -0.25) is 0 Å². The molecule has 2 N–H and O–H groups in total. The maximum absolute atomic E-state index is 12.6. The fourth-order valence-electron chi connectivity index (χ4n) is 3.82. The number of hydrogen-bond acceptors (Lipinski definition) is 9. The van der Waals surface area contributed by atoms with Crippen LogP contribution >= 0.6 is 0 Å². The molecule has 1 unspecified atom stereocenters. The lowest BCUT2D eigenvalue weighted by molar-refractivity contribution is -0.133. The molecule has 0 aliphatic rings. The molecule has 0 amide bonds. The molecule has 3 aromatic carbocycles. The van der Waals surface area contributed by atoms with Gasteiger partial charge in [-0.25, -0.2) is 4.79 Å². The molecule has 0 aliphatic carbocycles. The second-order valence-corrected chi connectivity index (χ2v) is 8.46. The Bertz CT molecular complexity index is 1260. The van der Waals surface area contributed by atoms with E-state index in [0.717, 1.165) is 5.56 Å². The topological polar surface area (TPSA) is 105 Å². The molecule has 0 aliphatic heterocycles. The fourth-order valence-corrected chi connectivity index (χ4v) is 3.82. The van der Waals surface area contributed by atoms with Crippen molar-refractivity contribution in [2.45, 2.75) is 12.6 Å². The molecule has 0 heterocycles. The predicted molar refractivity (Wildman–Crippen MR) is 149 cm³/mol. The number of benzene rings is 3. The first-order valence-corrected chi connectivity index (χ1v) is 12.3. The first-order chi connectivity index (χ1) is 18.9. The normalized spacial score (nSPS) is 11.9. The Morgan fingerprint density at radius 3 is 2.05 bits per heavy atom. The van der Waals surface area contributed by atoms with Crippen molar-refractivity contribution in [2.75, 3.05) is 48.7 Å². The lowest BCUT2D eigenvalue weighted by Gasteiger charge is -2.15. The summed E-state index contributed by atoms with van der Waals surface area (Å²) in [6, 6.07) is 17.9. The summed E-state index contributed by atoms with van der Waals surface area (Å²) in [5.74, 6) is 2.69. The second kappa shape index (κ2) is 14.7. The maximum Gasteiger partial charge on any atom is 0.338 e. The van der Waals surface area contributed by atoms with Gasteiger partial charge >= 0.3 is 5.97 Å². The standard InChI is InChI=1S/C30H35NO8/c1-34-25-12-8-21(28(15-25)36-3)14-27(30(33)38-5)20-6-10-24(11-7-20)39-19-23(32)18-31-17-22-9-13-26(35-2)16-29(22)37-4/h6-16,23,31-32H,17-19H2,1-5H3/b27-14-. The van der Waals surface area contributed by atoms with E-state index in [0.29, 0.717) is 58.5 Å². The van der Waals surface area contributed by atoms with Gasteiger partial charge in [0.2, 0.25) is 0 Å². The summed E-state index contributed by atoms with van der Waals surface area (Å²) in [5.41, 5.74) is 2.64. The van der Waals surface area contributed by atoms with Crippen molar-refractivity contribution in [3.63, 3.8) is 0 Å². The van der Waals surface area contributed by atoms with Gasteiger partial charge in [-0.05, 0) is 42.0 Å². The lowest BCUT2D eigenvalue weighted by atomic mass is 10.0. The van der Waals surface area contributed by atoms with Crippen LogP contribution in [0, 0.1) is 0 Å². The van der Waals surface area contributed by atoms with Crippen LogP contribution < -0.4 is 29.0 Å². The monoisotopic (exact) mass is 537 g/mol. The van der Waals surface area contributed by atoms with Crippen LogP contribution in [0.2, 0.25) is 0 Å². The van der Waals surface area contributed by atoms with Gasteiger partial charge in [0.15, 0.2) is 0 Å². The quantitative estimate of drug-likeness (QED) is 0.180. The average Bonchev–Trinajstić information content (AvgIpc) is 2.98. The molecule has 0 radical (unpaired) electrons. The number of carbonyl (C=O) groups excluding carboxylic acids is 1. The molecule has 9 nitrogen and oxygen atoms in total. The van der Waals surface area contributed by atoms with E-state index < -0.39 is 12.1 Å². The van der Waals surface area contributed by atoms with Crippen LogP contribution in [-0.4, -0.2) is 65.9 Å². The highest BCUT2D eigenvalue weighted by atomic mass is 16.5. The molecule has 39 heavy (non-hydrogen) atoms. The number of aliphatic hydroxyl groups excluding tert-OH is 1. The summed E-state index contributed by atoms with van der Waals surface area (Å²) < 4.78 is 32.1. The minimum atomic E-state index is -0.734. The fraction of sp³-hybridized carbons (Fsp3) is 0.300. The zero-order valence-electron chi connectivity index (χ0n) is 22.9. The Morgan fingerprint density at radius 1 is 0.821 bits per heavy atom. The summed E-state index contributed by atoms with van der Waals surface area (Å²) in [6.45, 7) is 0.932. The molecular weight excluding hydrogens is 502 g/mol. The van der Waals surface area contributed by atoms with E-state index in [1.54, 1.807) is 77.0 Å². The molecule has 3 rings (SSSR count). The van der Waals surface area contributed by atoms with Gasteiger partial charge in [0, 0.05) is 36.3 Å². The number of aliphatic hydroxyl groups is 1. The van der Waals surface area contributed by atoms with Gasteiger partial charge < -0.3 is 38.8 Å². The third-order valence-corrected chi connectivity index (χ3v) is 5.94. The molecule has 0 spiro atoms. The van der Waals surface area contributed by atoms with Gasteiger partial charge in [-0.2, -0.15) is 0 Å². The smallest absolute Gasteiger partial charge is 0.338 e. The van der Waals surface area contributed by atoms with Crippen molar-refractivity contribution in [3.8, 4) is 28.7 Å². The number of hydrogen-bond donors (Lipinski definition) is 2. The molecule has 3 aromatic rings. The first-order valence-electron chi connectivity index (χ1n) is 12.3. The van der Waals surface area contributed by atoms with Crippen molar-refractivity contribution in [1.29, 1.82) is 0 Å². The van der Waals surface area contributed by atoms with Crippen molar-refractivity contribution >= 4 is 17.6 Å². The largest absolute Gasteiger partial charge is 0.497 e. The molecule has 1 atom stereocenters. The van der Waals surface area contributed by atoms with Gasteiger partial charge in [0.25, 0.3) is 0 Å². The molecule has 0 aromatic heterocycles. The number of rotatable bonds is 14. The van der Waals surface area contributed by atoms with Crippen LogP contribution in [-0.2, 0) is 16.1 Å². The highest BCUT2D eigenvalue weighted by molar-refractivity contribution is 6.21. The number of methoxy groups -OCH3 is 5. The minimum Gasteiger partial charge on any atom is -0.497 e. The van der Waals surface area contributed by atoms with E-state index in [2.05, 4.69) is 5.32 Å². The maximum atomic E-state index is 12.6. The van der Waals surface area contributed by atoms with Gasteiger partial charge in [-0.15, -0.1) is 0 Å². The number of nitrogens with one attached hydrogen (secondary N) is 1. The Balaban J connectivity index is 1.60. The Labute approximate surface area is 228 Å². The highest BCUT2D eigenvalue weighted by Crippen LogP contribution is 2.30. The Kier molecular flexibility index (Phi) is 11.0. The summed E-state index contributed by atoms with van der Waals surface area (Å²) >= 11 is 0. The van der Waals surface area contributed by atoms with Crippen LogP contribution in [0.1, 0.15) is 16.7 Å². The summed E-state index contributed by atoms with van der Waals surface area (Å²) in [5, 5.41) is 13.6. The number of ether oxygens (including phenoxy) is 6. The van der Waals surface area contributed by atoms with Crippen LogP contribution in [0.3, 0.4) is 0 Å². The van der Waals surface area contributed by atoms with Crippen molar-refractivity contribution in [3.05, 3.63) is 77.4 Å². The number of esters is 1. The summed E-state index contributed by atoms with van der Waals surface area (Å²) in [4.78, 5) is 12.6. The van der Waals surface area contributed by atoms with Crippen LogP contribution in [0.5, 0.6) is 28.7 Å². The molecule has 208 valence electrons. The first kappa shape index (κ1) is 29.3. The van der Waals surface area contributed by atoms with E-state index in [9.17, 15) is 9.90 Å². The third-order valence-electron chi connectivity index (χ3n) is 5.94.